The van der Waals surface area contributed by atoms with Gasteiger partial charge >= 0.3 is 0 Å². The third kappa shape index (κ3) is 1.13. The molecule has 0 spiro atoms. The summed E-state index contributed by atoms with van der Waals surface area (Å²) < 4.78 is 1.92. The number of fused-ring (bicyclic) bond motifs is 1. The highest BCUT2D eigenvalue weighted by Crippen LogP contribution is 2.49. The maximum atomic E-state index is 9.47. The van der Waals surface area contributed by atoms with Crippen LogP contribution in [0.4, 0.5) is 0 Å². The maximum absolute atomic E-state index is 9.47. The Morgan fingerprint density at radius 1 is 1.40 bits per heavy atom. The van der Waals surface area contributed by atoms with E-state index in [1.807, 2.05) is 29.9 Å². The van der Waals surface area contributed by atoms with Crippen molar-refractivity contribution in [2.75, 3.05) is 6.61 Å². The first kappa shape index (κ1) is 8.92. The molecule has 0 amide bonds. The second-order valence-corrected chi connectivity index (χ2v) is 4.43. The van der Waals surface area contributed by atoms with Gasteiger partial charge in [0.15, 0.2) is 0 Å². The lowest BCUT2D eigenvalue weighted by Crippen LogP contribution is -2.16. The average Bonchev–Trinajstić information content (AvgIpc) is 2.95. The van der Waals surface area contributed by atoms with Gasteiger partial charge in [-0.3, -0.25) is 4.68 Å². The summed E-state index contributed by atoms with van der Waals surface area (Å²) >= 11 is 0. The van der Waals surface area contributed by atoms with Crippen LogP contribution >= 0.6 is 0 Å². The molecule has 0 radical (unpaired) electrons. The molecule has 0 aliphatic heterocycles. The first-order valence-corrected chi connectivity index (χ1v) is 5.30. The number of rotatable bonds is 2. The molecule has 3 rings (SSSR count). The van der Waals surface area contributed by atoms with Crippen molar-refractivity contribution in [2.24, 2.45) is 7.05 Å². The summed E-state index contributed by atoms with van der Waals surface area (Å²) in [5.41, 5.74) is 2.21. The van der Waals surface area contributed by atoms with Gasteiger partial charge in [-0.25, -0.2) is 0 Å². The van der Waals surface area contributed by atoms with Crippen molar-refractivity contribution in [3.05, 3.63) is 30.0 Å². The largest absolute Gasteiger partial charge is 0.395 e. The monoisotopic (exact) mass is 202 g/mol. The van der Waals surface area contributed by atoms with E-state index in [-0.39, 0.29) is 12.0 Å². The van der Waals surface area contributed by atoms with E-state index in [0.29, 0.717) is 0 Å². The maximum Gasteiger partial charge on any atom is 0.0926 e. The predicted molar refractivity (Wildman–Crippen MR) is 58.7 cm³/mol. The van der Waals surface area contributed by atoms with E-state index in [0.717, 1.165) is 18.4 Å². The minimum absolute atomic E-state index is 0.00907. The van der Waals surface area contributed by atoms with Gasteiger partial charge in [-0.15, -0.1) is 0 Å². The first-order chi connectivity index (χ1) is 7.27. The topological polar surface area (TPSA) is 38.0 Å². The summed E-state index contributed by atoms with van der Waals surface area (Å²) in [4.78, 5) is 0. The van der Waals surface area contributed by atoms with Crippen LogP contribution in [0.5, 0.6) is 0 Å². The summed E-state index contributed by atoms with van der Waals surface area (Å²) in [5, 5.41) is 15.1. The summed E-state index contributed by atoms with van der Waals surface area (Å²) in [5.74, 6) is 0. The van der Waals surface area contributed by atoms with E-state index < -0.39 is 0 Å². The molecule has 1 aromatic heterocycles. The molecule has 1 saturated carbocycles. The third-order valence-corrected chi connectivity index (χ3v) is 3.40. The second kappa shape index (κ2) is 2.83. The van der Waals surface area contributed by atoms with Crippen molar-refractivity contribution in [3.63, 3.8) is 0 Å². The number of benzene rings is 1. The Hall–Kier alpha value is -1.35. The Kier molecular flexibility index (Phi) is 1.68. The predicted octanol–water partition coefficient (Wildman–Crippen LogP) is 1.60. The Balaban J connectivity index is 2.29. The fourth-order valence-corrected chi connectivity index (χ4v) is 2.40. The van der Waals surface area contributed by atoms with Crippen molar-refractivity contribution < 1.29 is 5.11 Å². The lowest BCUT2D eigenvalue weighted by atomic mass is 10.00. The van der Waals surface area contributed by atoms with Gasteiger partial charge in [-0.2, -0.15) is 5.10 Å². The molecule has 3 nitrogen and oxygen atoms in total. The normalized spacial score (nSPS) is 18.3. The molecule has 0 unspecified atom stereocenters. The molecule has 0 atom stereocenters. The molecular weight excluding hydrogens is 188 g/mol. The molecule has 78 valence electrons. The van der Waals surface area contributed by atoms with Crippen molar-refractivity contribution in [3.8, 4) is 0 Å². The molecule has 0 bridgehead atoms. The van der Waals surface area contributed by atoms with Crippen LogP contribution in [0.3, 0.4) is 0 Å². The number of aromatic nitrogens is 2. The second-order valence-electron chi connectivity index (χ2n) is 4.43. The number of hydrogen-bond donors (Lipinski definition) is 1. The van der Waals surface area contributed by atoms with Crippen LogP contribution in [0.25, 0.3) is 10.9 Å². The quantitative estimate of drug-likeness (QED) is 0.803. The van der Waals surface area contributed by atoms with Gasteiger partial charge in [0, 0.05) is 17.8 Å². The van der Waals surface area contributed by atoms with Crippen LogP contribution in [0.2, 0.25) is 0 Å². The summed E-state index contributed by atoms with van der Waals surface area (Å²) in [7, 11) is 1.96. The lowest BCUT2D eigenvalue weighted by Gasteiger charge is -2.12. The van der Waals surface area contributed by atoms with Gasteiger partial charge in [-0.1, -0.05) is 18.2 Å². The van der Waals surface area contributed by atoms with Crippen molar-refractivity contribution >= 4 is 10.9 Å². The zero-order valence-corrected chi connectivity index (χ0v) is 8.77. The van der Waals surface area contributed by atoms with Gasteiger partial charge in [0.05, 0.1) is 17.8 Å². The summed E-state index contributed by atoms with van der Waals surface area (Å²) in [6.07, 6.45) is 2.15. The van der Waals surface area contributed by atoms with Crippen molar-refractivity contribution in [1.82, 2.24) is 9.78 Å². The van der Waals surface area contributed by atoms with Crippen molar-refractivity contribution in [2.45, 2.75) is 18.3 Å². The van der Waals surface area contributed by atoms with E-state index in [1.54, 1.807) is 0 Å². The highest BCUT2D eigenvalue weighted by molar-refractivity contribution is 5.83. The molecule has 3 heteroatoms. The Bertz CT molecular complexity index is 511. The van der Waals surface area contributed by atoms with Crippen LogP contribution in [-0.2, 0) is 12.5 Å². The summed E-state index contributed by atoms with van der Waals surface area (Å²) in [6.45, 7) is 0.233. The fraction of sp³-hybridized carbons (Fsp3) is 0.417. The molecule has 1 aromatic carbocycles. The Morgan fingerprint density at radius 3 is 2.80 bits per heavy atom. The molecule has 1 aliphatic rings. The molecule has 15 heavy (non-hydrogen) atoms. The zero-order chi connectivity index (χ0) is 10.5. The molecule has 1 heterocycles. The SMILES string of the molecule is Cn1nc2ccccc2c1C1(CO)CC1. The van der Waals surface area contributed by atoms with Crippen LogP contribution in [0, 0.1) is 0 Å². The van der Waals surface area contributed by atoms with Gasteiger partial charge in [0.2, 0.25) is 0 Å². The Morgan fingerprint density at radius 2 is 2.13 bits per heavy atom. The Labute approximate surface area is 88.3 Å². The number of aryl methyl sites for hydroxylation is 1. The average molecular weight is 202 g/mol. The zero-order valence-electron chi connectivity index (χ0n) is 8.77. The molecule has 1 N–H and O–H groups in total. The van der Waals surface area contributed by atoms with E-state index in [4.69, 9.17) is 0 Å². The van der Waals surface area contributed by atoms with Gasteiger partial charge in [0.1, 0.15) is 0 Å². The smallest absolute Gasteiger partial charge is 0.0926 e. The van der Waals surface area contributed by atoms with E-state index in [2.05, 4.69) is 11.2 Å². The highest BCUT2D eigenvalue weighted by Gasteiger charge is 2.47. The van der Waals surface area contributed by atoms with Crippen LogP contribution in [0.15, 0.2) is 24.3 Å². The van der Waals surface area contributed by atoms with Gasteiger partial charge in [-0.05, 0) is 18.9 Å². The van der Waals surface area contributed by atoms with Gasteiger partial charge in [0.25, 0.3) is 0 Å². The third-order valence-electron chi connectivity index (χ3n) is 3.40. The highest BCUT2D eigenvalue weighted by atomic mass is 16.3. The van der Waals surface area contributed by atoms with Crippen LogP contribution in [0.1, 0.15) is 18.5 Å². The number of hydrogen-bond acceptors (Lipinski definition) is 2. The van der Waals surface area contributed by atoms with Crippen molar-refractivity contribution in [1.29, 1.82) is 0 Å². The number of aliphatic hydroxyl groups excluding tert-OH is 1. The van der Waals surface area contributed by atoms with E-state index >= 15 is 0 Å². The molecule has 0 saturated heterocycles. The van der Waals surface area contributed by atoms with E-state index in [1.165, 1.54) is 11.1 Å². The minimum Gasteiger partial charge on any atom is -0.395 e. The first-order valence-electron chi connectivity index (χ1n) is 5.30. The number of nitrogens with zero attached hydrogens (tertiary/aromatic N) is 2. The standard InChI is InChI=1S/C12H14N2O/c1-14-11(12(8-15)6-7-12)9-4-2-3-5-10(9)13-14/h2-5,15H,6-8H2,1H3. The summed E-state index contributed by atoms with van der Waals surface area (Å²) in [6, 6.07) is 8.14. The molecular formula is C12H14N2O. The fourth-order valence-electron chi connectivity index (χ4n) is 2.40. The van der Waals surface area contributed by atoms with Gasteiger partial charge < -0.3 is 5.11 Å². The number of aliphatic hydroxyl groups is 1. The molecule has 2 aromatic rings. The van der Waals surface area contributed by atoms with E-state index in [9.17, 15) is 5.11 Å². The molecule has 1 fully saturated rings. The molecule has 1 aliphatic carbocycles. The van der Waals surface area contributed by atoms with Crippen LogP contribution < -0.4 is 0 Å². The lowest BCUT2D eigenvalue weighted by molar-refractivity contribution is 0.250. The minimum atomic E-state index is -0.00907. The van der Waals surface area contributed by atoms with Crippen LogP contribution in [-0.4, -0.2) is 21.5 Å².